The number of nitrogens with zero attached hydrogens (tertiary/aromatic N) is 1. The quantitative estimate of drug-likeness (QED) is 0.664. The molecule has 0 unspecified atom stereocenters. The highest BCUT2D eigenvalue weighted by atomic mass is 16.3. The van der Waals surface area contributed by atoms with Crippen LogP contribution in [0.15, 0.2) is 78.9 Å². The monoisotopic (exact) mass is 371 g/mol. The first-order chi connectivity index (χ1) is 13.7. The average molecular weight is 371 g/mol. The van der Waals surface area contributed by atoms with Gasteiger partial charge in [-0.05, 0) is 41.2 Å². The summed E-state index contributed by atoms with van der Waals surface area (Å²) in [7, 11) is 0. The highest BCUT2D eigenvalue weighted by Gasteiger charge is 2.33. The minimum atomic E-state index is -0.745. The molecule has 1 heterocycles. The van der Waals surface area contributed by atoms with E-state index in [2.05, 4.69) is 17.0 Å². The molecule has 1 aliphatic heterocycles. The van der Waals surface area contributed by atoms with Gasteiger partial charge in [0.25, 0.3) is 0 Å². The van der Waals surface area contributed by atoms with Crippen LogP contribution in [0.4, 0.5) is 0 Å². The Morgan fingerprint density at radius 1 is 0.893 bits per heavy atom. The molecule has 0 bridgehead atoms. The Morgan fingerprint density at radius 3 is 2.18 bits per heavy atom. The lowest BCUT2D eigenvalue weighted by molar-refractivity contribution is -0.0277. The van der Waals surface area contributed by atoms with E-state index in [0.29, 0.717) is 18.4 Å². The zero-order valence-electron chi connectivity index (χ0n) is 15.9. The molecule has 0 aromatic heterocycles. The summed E-state index contributed by atoms with van der Waals surface area (Å²) in [6, 6.07) is 26.2. The number of hydrogen-bond donors (Lipinski definition) is 1. The summed E-state index contributed by atoms with van der Waals surface area (Å²) < 4.78 is 0. The number of likely N-dealkylation sites (tertiary alicyclic amines) is 1. The van der Waals surface area contributed by atoms with E-state index >= 15 is 0 Å². The van der Waals surface area contributed by atoms with E-state index in [1.54, 1.807) is 0 Å². The van der Waals surface area contributed by atoms with Crippen LogP contribution in [-0.2, 0) is 12.1 Å². The van der Waals surface area contributed by atoms with Crippen molar-refractivity contribution in [2.75, 3.05) is 13.1 Å². The van der Waals surface area contributed by atoms with Gasteiger partial charge in [0.2, 0.25) is 0 Å². The Labute approximate surface area is 166 Å². The standard InChI is InChI=1S/C25H25NO2/c27-19-20-11-12-24(21-7-3-1-4-8-21)22(17-20)18-26-15-13-25(28,14-16-26)23-9-5-2-6-10-23/h1-12,17,19,28H,13-16,18H2. The van der Waals surface area contributed by atoms with Gasteiger partial charge in [-0.15, -0.1) is 0 Å². The van der Waals surface area contributed by atoms with Crippen LogP contribution in [0.1, 0.15) is 34.3 Å². The summed E-state index contributed by atoms with van der Waals surface area (Å²) in [5, 5.41) is 11.1. The van der Waals surface area contributed by atoms with Crippen LogP contribution in [0.25, 0.3) is 11.1 Å². The van der Waals surface area contributed by atoms with Gasteiger partial charge < -0.3 is 5.11 Å². The highest BCUT2D eigenvalue weighted by Crippen LogP contribution is 2.34. The number of rotatable bonds is 5. The van der Waals surface area contributed by atoms with E-state index < -0.39 is 5.60 Å². The van der Waals surface area contributed by atoms with Gasteiger partial charge in [0, 0.05) is 25.2 Å². The topological polar surface area (TPSA) is 40.5 Å². The van der Waals surface area contributed by atoms with Crippen molar-refractivity contribution in [1.82, 2.24) is 4.90 Å². The maximum atomic E-state index is 11.3. The first-order valence-electron chi connectivity index (χ1n) is 9.82. The minimum Gasteiger partial charge on any atom is -0.385 e. The zero-order chi connectivity index (χ0) is 19.4. The van der Waals surface area contributed by atoms with Gasteiger partial charge in [-0.2, -0.15) is 0 Å². The third-order valence-electron chi connectivity index (χ3n) is 5.74. The van der Waals surface area contributed by atoms with Gasteiger partial charge in [-0.3, -0.25) is 9.69 Å². The molecule has 3 nitrogen and oxygen atoms in total. The molecular weight excluding hydrogens is 346 g/mol. The molecule has 1 aliphatic rings. The second-order valence-corrected chi connectivity index (χ2v) is 7.57. The lowest BCUT2D eigenvalue weighted by Gasteiger charge is -2.38. The summed E-state index contributed by atoms with van der Waals surface area (Å²) >= 11 is 0. The molecule has 3 heteroatoms. The average Bonchev–Trinajstić information content (AvgIpc) is 2.76. The molecule has 28 heavy (non-hydrogen) atoms. The van der Waals surface area contributed by atoms with Gasteiger partial charge in [-0.1, -0.05) is 72.8 Å². The van der Waals surface area contributed by atoms with Crippen molar-refractivity contribution in [1.29, 1.82) is 0 Å². The van der Waals surface area contributed by atoms with Crippen molar-refractivity contribution in [3.63, 3.8) is 0 Å². The van der Waals surface area contributed by atoms with Crippen molar-refractivity contribution in [2.45, 2.75) is 25.0 Å². The molecule has 0 radical (unpaired) electrons. The fraction of sp³-hybridized carbons (Fsp3) is 0.240. The van der Waals surface area contributed by atoms with Crippen molar-refractivity contribution >= 4 is 6.29 Å². The number of aldehydes is 1. The van der Waals surface area contributed by atoms with E-state index in [1.807, 2.05) is 66.7 Å². The first kappa shape index (κ1) is 18.6. The third-order valence-corrected chi connectivity index (χ3v) is 5.74. The van der Waals surface area contributed by atoms with Crippen molar-refractivity contribution < 1.29 is 9.90 Å². The van der Waals surface area contributed by atoms with Crippen molar-refractivity contribution in [3.8, 4) is 11.1 Å². The molecule has 142 valence electrons. The smallest absolute Gasteiger partial charge is 0.150 e. The normalized spacial score (nSPS) is 16.6. The van der Waals surface area contributed by atoms with E-state index in [9.17, 15) is 9.90 Å². The summed E-state index contributed by atoms with van der Waals surface area (Å²) in [6.45, 7) is 2.42. The molecule has 0 aliphatic carbocycles. The molecule has 3 aromatic rings. The Morgan fingerprint density at radius 2 is 1.54 bits per heavy atom. The number of benzene rings is 3. The van der Waals surface area contributed by atoms with E-state index in [4.69, 9.17) is 0 Å². The van der Waals surface area contributed by atoms with Gasteiger partial charge >= 0.3 is 0 Å². The second-order valence-electron chi connectivity index (χ2n) is 7.57. The van der Waals surface area contributed by atoms with Crippen molar-refractivity contribution in [3.05, 3.63) is 95.6 Å². The molecule has 0 spiro atoms. The predicted molar refractivity (Wildman–Crippen MR) is 112 cm³/mol. The molecule has 4 rings (SSSR count). The molecule has 1 fully saturated rings. The summed E-state index contributed by atoms with van der Waals surface area (Å²) in [5.41, 5.74) is 4.43. The molecular formula is C25H25NO2. The van der Waals surface area contributed by atoms with Crippen molar-refractivity contribution in [2.24, 2.45) is 0 Å². The predicted octanol–water partition coefficient (Wildman–Crippen LogP) is 4.65. The fourth-order valence-corrected chi connectivity index (χ4v) is 4.08. The maximum Gasteiger partial charge on any atom is 0.150 e. The van der Waals surface area contributed by atoms with Gasteiger partial charge in [-0.25, -0.2) is 0 Å². The lowest BCUT2D eigenvalue weighted by atomic mass is 9.84. The summed E-state index contributed by atoms with van der Waals surface area (Å²) in [6.07, 6.45) is 2.33. The van der Waals surface area contributed by atoms with Crippen LogP contribution >= 0.6 is 0 Å². The van der Waals surface area contributed by atoms with E-state index in [0.717, 1.165) is 48.2 Å². The lowest BCUT2D eigenvalue weighted by Crippen LogP contribution is -2.42. The summed E-state index contributed by atoms with van der Waals surface area (Å²) in [4.78, 5) is 13.7. The Kier molecular flexibility index (Phi) is 5.38. The molecule has 0 amide bonds. The SMILES string of the molecule is O=Cc1ccc(-c2ccccc2)c(CN2CCC(O)(c3ccccc3)CC2)c1. The van der Waals surface area contributed by atoms with Crippen LogP contribution < -0.4 is 0 Å². The number of carbonyl (C=O) groups excluding carboxylic acids is 1. The molecule has 1 saturated heterocycles. The maximum absolute atomic E-state index is 11.3. The summed E-state index contributed by atoms with van der Waals surface area (Å²) in [5.74, 6) is 0. The fourth-order valence-electron chi connectivity index (χ4n) is 4.08. The molecule has 0 atom stereocenters. The van der Waals surface area contributed by atoms with E-state index in [-0.39, 0.29) is 0 Å². The molecule has 3 aromatic carbocycles. The van der Waals surface area contributed by atoms with Crippen LogP contribution in [-0.4, -0.2) is 29.4 Å². The van der Waals surface area contributed by atoms with Crippen LogP contribution in [0.3, 0.4) is 0 Å². The second kappa shape index (κ2) is 8.09. The van der Waals surface area contributed by atoms with Crippen LogP contribution in [0.2, 0.25) is 0 Å². The van der Waals surface area contributed by atoms with Crippen LogP contribution in [0, 0.1) is 0 Å². The number of piperidine rings is 1. The largest absolute Gasteiger partial charge is 0.385 e. The Hall–Kier alpha value is -2.75. The van der Waals surface area contributed by atoms with E-state index in [1.165, 1.54) is 0 Å². The van der Waals surface area contributed by atoms with Crippen LogP contribution in [0.5, 0.6) is 0 Å². The number of carbonyl (C=O) groups is 1. The van der Waals surface area contributed by atoms with Gasteiger partial charge in [0.1, 0.15) is 6.29 Å². The number of aliphatic hydroxyl groups is 1. The Balaban J connectivity index is 1.53. The first-order valence-corrected chi connectivity index (χ1v) is 9.82. The zero-order valence-corrected chi connectivity index (χ0v) is 15.9. The molecule has 0 saturated carbocycles. The minimum absolute atomic E-state index is 0.701. The van der Waals surface area contributed by atoms with Gasteiger partial charge in [0.05, 0.1) is 5.60 Å². The Bertz CT molecular complexity index is 929. The van der Waals surface area contributed by atoms with Gasteiger partial charge in [0.15, 0.2) is 0 Å². The molecule has 1 N–H and O–H groups in total. The third kappa shape index (κ3) is 3.91. The number of hydrogen-bond acceptors (Lipinski definition) is 3. The highest BCUT2D eigenvalue weighted by molar-refractivity contribution is 5.78.